The Morgan fingerprint density at radius 1 is 1.04 bits per heavy atom. The minimum absolute atomic E-state index is 0.00660. The fraction of sp³-hybridized carbons (Fsp3) is 0.118. The highest BCUT2D eigenvalue weighted by atomic mass is 19.1. The number of carbonyl (C=O) groups is 3. The van der Waals surface area contributed by atoms with E-state index in [0.29, 0.717) is 5.56 Å². The Labute approximate surface area is 132 Å². The molecule has 23 heavy (non-hydrogen) atoms. The molecule has 0 saturated heterocycles. The SMILES string of the molecule is CC(=O)c1cccc(C(=O)OCC(=O)Nc2ccccc2F)c1. The van der Waals surface area contributed by atoms with Gasteiger partial charge in [-0.3, -0.25) is 9.59 Å². The molecule has 0 saturated carbocycles. The second-order valence-electron chi connectivity index (χ2n) is 4.74. The molecule has 118 valence electrons. The van der Waals surface area contributed by atoms with Gasteiger partial charge in [0.2, 0.25) is 0 Å². The first kappa shape index (κ1) is 16.4. The van der Waals surface area contributed by atoms with E-state index < -0.39 is 24.3 Å². The van der Waals surface area contributed by atoms with Crippen LogP contribution in [-0.4, -0.2) is 24.3 Å². The highest BCUT2D eigenvalue weighted by Crippen LogP contribution is 2.12. The van der Waals surface area contributed by atoms with Gasteiger partial charge < -0.3 is 10.1 Å². The molecular formula is C17H14FNO4. The summed E-state index contributed by atoms with van der Waals surface area (Å²) in [5, 5.41) is 2.30. The Balaban J connectivity index is 1.94. The molecule has 0 fully saturated rings. The van der Waals surface area contributed by atoms with Gasteiger partial charge in [0, 0.05) is 5.56 Å². The van der Waals surface area contributed by atoms with E-state index in [-0.39, 0.29) is 17.0 Å². The number of Topliss-reactive ketones (excluding diaryl/α,β-unsaturated/α-hetero) is 1. The second-order valence-corrected chi connectivity index (χ2v) is 4.74. The van der Waals surface area contributed by atoms with E-state index in [0.717, 1.165) is 0 Å². The van der Waals surface area contributed by atoms with E-state index in [2.05, 4.69) is 5.32 Å². The molecule has 6 heteroatoms. The van der Waals surface area contributed by atoms with Crippen molar-refractivity contribution in [1.29, 1.82) is 0 Å². The number of carbonyl (C=O) groups excluding carboxylic acids is 3. The average molecular weight is 315 g/mol. The average Bonchev–Trinajstić information content (AvgIpc) is 2.55. The van der Waals surface area contributed by atoms with E-state index in [9.17, 15) is 18.8 Å². The summed E-state index contributed by atoms with van der Waals surface area (Å²) >= 11 is 0. The summed E-state index contributed by atoms with van der Waals surface area (Å²) in [6.07, 6.45) is 0. The number of ketones is 1. The summed E-state index contributed by atoms with van der Waals surface area (Å²) in [7, 11) is 0. The van der Waals surface area contributed by atoms with Gasteiger partial charge in [-0.05, 0) is 31.2 Å². The van der Waals surface area contributed by atoms with Crippen LogP contribution in [0.15, 0.2) is 48.5 Å². The number of halogens is 1. The van der Waals surface area contributed by atoms with Crippen LogP contribution in [0.5, 0.6) is 0 Å². The van der Waals surface area contributed by atoms with Crippen LogP contribution in [0.2, 0.25) is 0 Å². The maximum Gasteiger partial charge on any atom is 0.338 e. The largest absolute Gasteiger partial charge is 0.452 e. The molecule has 0 radical (unpaired) electrons. The molecule has 0 aliphatic carbocycles. The molecule has 1 amide bonds. The molecule has 1 N–H and O–H groups in total. The van der Waals surface area contributed by atoms with Crippen LogP contribution in [0, 0.1) is 5.82 Å². The number of ether oxygens (including phenoxy) is 1. The first-order valence-corrected chi connectivity index (χ1v) is 6.80. The maximum absolute atomic E-state index is 13.4. The standard InChI is InChI=1S/C17H14FNO4/c1-11(20)12-5-4-6-13(9-12)17(22)23-10-16(21)19-15-8-3-2-7-14(15)18/h2-9H,10H2,1H3,(H,19,21). The summed E-state index contributed by atoms with van der Waals surface area (Å²) in [6.45, 7) is 0.823. The van der Waals surface area contributed by atoms with Gasteiger partial charge in [-0.25, -0.2) is 9.18 Å². The Bertz CT molecular complexity index is 758. The summed E-state index contributed by atoms with van der Waals surface area (Å²) < 4.78 is 18.2. The predicted molar refractivity (Wildman–Crippen MR) is 81.8 cm³/mol. The minimum atomic E-state index is -0.739. The third-order valence-corrected chi connectivity index (χ3v) is 2.99. The summed E-state index contributed by atoms with van der Waals surface area (Å²) in [5.41, 5.74) is 0.541. The third kappa shape index (κ3) is 4.47. The Morgan fingerprint density at radius 3 is 2.43 bits per heavy atom. The van der Waals surface area contributed by atoms with Crippen molar-refractivity contribution in [3.05, 3.63) is 65.5 Å². The van der Waals surface area contributed by atoms with Crippen LogP contribution in [0.1, 0.15) is 27.6 Å². The van der Waals surface area contributed by atoms with Gasteiger partial charge >= 0.3 is 5.97 Å². The lowest BCUT2D eigenvalue weighted by Crippen LogP contribution is -2.21. The van der Waals surface area contributed by atoms with Gasteiger partial charge in [-0.1, -0.05) is 24.3 Å². The van der Waals surface area contributed by atoms with Crippen LogP contribution in [0.25, 0.3) is 0 Å². The molecule has 0 unspecified atom stereocenters. The van der Waals surface area contributed by atoms with Crippen LogP contribution in [-0.2, 0) is 9.53 Å². The smallest absolute Gasteiger partial charge is 0.338 e. The number of para-hydroxylation sites is 1. The Kier molecular flexibility index (Phi) is 5.19. The highest BCUT2D eigenvalue weighted by molar-refractivity contribution is 5.99. The molecule has 5 nitrogen and oxygen atoms in total. The maximum atomic E-state index is 13.4. The van der Waals surface area contributed by atoms with Crippen LogP contribution in [0.3, 0.4) is 0 Å². The van der Waals surface area contributed by atoms with E-state index in [1.165, 1.54) is 37.3 Å². The monoisotopic (exact) mass is 315 g/mol. The molecule has 2 rings (SSSR count). The van der Waals surface area contributed by atoms with E-state index >= 15 is 0 Å². The van der Waals surface area contributed by atoms with Crippen molar-refractivity contribution >= 4 is 23.3 Å². The number of amides is 1. The number of benzene rings is 2. The number of nitrogens with one attached hydrogen (secondary N) is 1. The molecule has 0 atom stereocenters. The normalized spacial score (nSPS) is 10.0. The van der Waals surface area contributed by atoms with Crippen molar-refractivity contribution < 1.29 is 23.5 Å². The molecule has 0 spiro atoms. The van der Waals surface area contributed by atoms with Crippen molar-refractivity contribution in [3.63, 3.8) is 0 Å². The lowest BCUT2D eigenvalue weighted by atomic mass is 10.1. The topological polar surface area (TPSA) is 72.5 Å². The second kappa shape index (κ2) is 7.31. The summed E-state index contributed by atoms with van der Waals surface area (Å²) in [4.78, 5) is 34.8. The zero-order chi connectivity index (χ0) is 16.8. The fourth-order valence-corrected chi connectivity index (χ4v) is 1.83. The third-order valence-electron chi connectivity index (χ3n) is 2.99. The van der Waals surface area contributed by atoms with E-state index in [4.69, 9.17) is 4.74 Å². The first-order valence-electron chi connectivity index (χ1n) is 6.80. The number of hydrogen-bond donors (Lipinski definition) is 1. The highest BCUT2D eigenvalue weighted by Gasteiger charge is 2.12. The number of rotatable bonds is 5. The zero-order valence-corrected chi connectivity index (χ0v) is 12.3. The summed E-state index contributed by atoms with van der Waals surface area (Å²) in [6, 6.07) is 11.6. The number of anilines is 1. The Hall–Kier alpha value is -3.02. The molecule has 0 bridgehead atoms. The predicted octanol–water partition coefficient (Wildman–Crippen LogP) is 2.82. The molecule has 0 heterocycles. The van der Waals surface area contributed by atoms with Crippen LogP contribution >= 0.6 is 0 Å². The Morgan fingerprint density at radius 2 is 1.74 bits per heavy atom. The molecule has 0 aromatic heterocycles. The number of hydrogen-bond acceptors (Lipinski definition) is 4. The van der Waals surface area contributed by atoms with E-state index in [1.54, 1.807) is 18.2 Å². The molecule has 2 aromatic carbocycles. The van der Waals surface area contributed by atoms with Crippen molar-refractivity contribution in [2.75, 3.05) is 11.9 Å². The van der Waals surface area contributed by atoms with Gasteiger partial charge in [0.25, 0.3) is 5.91 Å². The van der Waals surface area contributed by atoms with Gasteiger partial charge in [-0.15, -0.1) is 0 Å². The van der Waals surface area contributed by atoms with Crippen molar-refractivity contribution in [1.82, 2.24) is 0 Å². The van der Waals surface area contributed by atoms with Gasteiger partial charge in [0.05, 0.1) is 11.3 Å². The first-order chi connectivity index (χ1) is 11.0. The molecule has 0 aliphatic rings. The lowest BCUT2D eigenvalue weighted by molar-refractivity contribution is -0.119. The van der Waals surface area contributed by atoms with E-state index in [1.807, 2.05) is 0 Å². The zero-order valence-electron chi connectivity index (χ0n) is 12.3. The van der Waals surface area contributed by atoms with Crippen molar-refractivity contribution in [3.8, 4) is 0 Å². The van der Waals surface area contributed by atoms with Gasteiger partial charge in [-0.2, -0.15) is 0 Å². The van der Waals surface area contributed by atoms with Crippen LogP contribution < -0.4 is 5.32 Å². The van der Waals surface area contributed by atoms with Gasteiger partial charge in [0.15, 0.2) is 12.4 Å². The molecule has 0 aliphatic heterocycles. The fourth-order valence-electron chi connectivity index (χ4n) is 1.83. The van der Waals surface area contributed by atoms with Crippen molar-refractivity contribution in [2.24, 2.45) is 0 Å². The van der Waals surface area contributed by atoms with Crippen molar-refractivity contribution in [2.45, 2.75) is 6.92 Å². The summed E-state index contributed by atoms with van der Waals surface area (Å²) in [5.74, 6) is -2.17. The number of esters is 1. The van der Waals surface area contributed by atoms with Gasteiger partial charge in [0.1, 0.15) is 5.82 Å². The molecular weight excluding hydrogens is 301 g/mol. The molecule has 2 aromatic rings. The van der Waals surface area contributed by atoms with Crippen LogP contribution in [0.4, 0.5) is 10.1 Å². The quantitative estimate of drug-likeness (QED) is 0.680. The minimum Gasteiger partial charge on any atom is -0.452 e. The lowest BCUT2D eigenvalue weighted by Gasteiger charge is -2.07.